The third-order valence-electron chi connectivity index (χ3n) is 5.62. The largest absolute Gasteiger partial charge is 0.460 e. The van der Waals surface area contributed by atoms with Crippen molar-refractivity contribution >= 4 is 17.8 Å². The Bertz CT molecular complexity index is 962. The van der Waals surface area contributed by atoms with Gasteiger partial charge in [0, 0.05) is 12.5 Å². The van der Waals surface area contributed by atoms with E-state index in [0.717, 1.165) is 5.57 Å². The first-order valence-corrected chi connectivity index (χ1v) is 12.0. The minimum Gasteiger partial charge on any atom is -0.460 e. The van der Waals surface area contributed by atoms with Crippen molar-refractivity contribution in [3.63, 3.8) is 0 Å². The summed E-state index contributed by atoms with van der Waals surface area (Å²) in [7, 11) is 0. The number of nitrogens with zero attached hydrogens (tertiary/aromatic N) is 1. The molecule has 2 rings (SSSR count). The van der Waals surface area contributed by atoms with Gasteiger partial charge in [0.05, 0.1) is 12.5 Å². The lowest BCUT2D eigenvalue weighted by atomic mass is 9.94. The number of fused-ring (bicyclic) bond motifs is 2. The lowest BCUT2D eigenvalue weighted by Crippen LogP contribution is -2.42. The zero-order valence-electron chi connectivity index (χ0n) is 21.1. The van der Waals surface area contributed by atoms with Crippen LogP contribution in [0.4, 0.5) is 0 Å². The Kier molecular flexibility index (Phi) is 10.9. The molecule has 1 aromatic rings. The van der Waals surface area contributed by atoms with Crippen molar-refractivity contribution < 1.29 is 28.6 Å². The Morgan fingerprint density at radius 2 is 1.91 bits per heavy atom. The molecule has 0 radical (unpaired) electrons. The molecule has 35 heavy (non-hydrogen) atoms. The topological polar surface area (TPSA) is 131 Å². The molecule has 0 spiro atoms. The Balaban J connectivity index is 2.20. The molecule has 3 N–H and O–H groups in total. The highest BCUT2D eigenvalue weighted by Crippen LogP contribution is 2.19. The van der Waals surface area contributed by atoms with Gasteiger partial charge in [0.15, 0.2) is 11.6 Å². The number of rotatable bonds is 1. The maximum absolute atomic E-state index is 12.7. The normalized spacial score (nSPS) is 29.3. The molecule has 1 aromatic heterocycles. The predicted octanol–water partition coefficient (Wildman–Crippen LogP) is 2.87. The van der Waals surface area contributed by atoms with Gasteiger partial charge in [-0.3, -0.25) is 9.59 Å². The number of amides is 2. The lowest BCUT2D eigenvalue weighted by Gasteiger charge is -2.27. The Morgan fingerprint density at radius 3 is 2.63 bits per heavy atom. The Hall–Kier alpha value is -3.20. The Morgan fingerprint density at radius 1 is 1.17 bits per heavy atom. The van der Waals surface area contributed by atoms with Crippen molar-refractivity contribution in [2.75, 3.05) is 6.54 Å². The van der Waals surface area contributed by atoms with Gasteiger partial charge in [-0.1, -0.05) is 50.6 Å². The van der Waals surface area contributed by atoms with E-state index >= 15 is 0 Å². The van der Waals surface area contributed by atoms with Crippen LogP contribution in [0.1, 0.15) is 63.8 Å². The molecule has 2 amide bonds. The number of nitrogens with one attached hydrogen (secondary N) is 2. The van der Waals surface area contributed by atoms with E-state index in [1.807, 2.05) is 45.9 Å². The summed E-state index contributed by atoms with van der Waals surface area (Å²) in [5, 5.41) is 15.6. The van der Waals surface area contributed by atoms with E-state index in [1.165, 1.54) is 19.3 Å². The minimum atomic E-state index is -0.919. The van der Waals surface area contributed by atoms with Crippen LogP contribution < -0.4 is 10.6 Å². The van der Waals surface area contributed by atoms with Gasteiger partial charge in [-0.2, -0.15) is 0 Å². The number of allylic oxidation sites excluding steroid dienone is 3. The molecule has 0 aromatic carbocycles. The second kappa shape index (κ2) is 13.6. The molecule has 0 aliphatic carbocycles. The van der Waals surface area contributed by atoms with E-state index < -0.39 is 30.1 Å². The van der Waals surface area contributed by atoms with Crippen molar-refractivity contribution in [3.05, 3.63) is 53.8 Å². The quantitative estimate of drug-likeness (QED) is 0.519. The summed E-state index contributed by atoms with van der Waals surface area (Å²) in [4.78, 5) is 41.5. The van der Waals surface area contributed by atoms with Crippen LogP contribution in [0.3, 0.4) is 0 Å². The number of esters is 1. The first-order valence-electron chi connectivity index (χ1n) is 12.0. The standard InChI is InChI=1S/C26H37N3O6/c1-16(2)24-18(4)11-12-22(31)27-13-7-9-17(3)8-6-10-20(30)14-23-29-21(15-34-23)25(32)28-19(5)26(33)35-24/h7-9,11-12,15-16,18-20,24,30H,6,10,13-14H2,1-5H3,(H,27,31)(H,28,32)/b9-7+,12-11-,17-8+/t18-,19-,20-,24-/m1/s1. The molecule has 0 unspecified atom stereocenters. The number of aliphatic hydroxyl groups is 1. The lowest BCUT2D eigenvalue weighted by molar-refractivity contribution is -0.155. The smallest absolute Gasteiger partial charge is 0.328 e. The second-order valence-electron chi connectivity index (χ2n) is 9.22. The molecular weight excluding hydrogens is 450 g/mol. The van der Waals surface area contributed by atoms with E-state index in [1.54, 1.807) is 6.08 Å². The van der Waals surface area contributed by atoms with Crippen LogP contribution in [-0.2, 0) is 20.7 Å². The monoisotopic (exact) mass is 487 g/mol. The van der Waals surface area contributed by atoms with Crippen LogP contribution in [0.15, 0.2) is 46.6 Å². The summed E-state index contributed by atoms with van der Waals surface area (Å²) in [6.45, 7) is 9.56. The molecule has 9 heteroatoms. The van der Waals surface area contributed by atoms with Crippen molar-refractivity contribution in [1.82, 2.24) is 15.6 Å². The highest BCUT2D eigenvalue weighted by molar-refractivity contribution is 5.94. The van der Waals surface area contributed by atoms with E-state index in [9.17, 15) is 19.5 Å². The van der Waals surface area contributed by atoms with Gasteiger partial charge in [-0.25, -0.2) is 9.78 Å². The summed E-state index contributed by atoms with van der Waals surface area (Å²) in [6, 6.07) is -0.919. The highest BCUT2D eigenvalue weighted by Gasteiger charge is 2.27. The van der Waals surface area contributed by atoms with Crippen LogP contribution in [0.5, 0.6) is 0 Å². The van der Waals surface area contributed by atoms with Crippen LogP contribution in [0, 0.1) is 11.8 Å². The molecule has 4 atom stereocenters. The molecule has 0 saturated carbocycles. The summed E-state index contributed by atoms with van der Waals surface area (Å²) < 4.78 is 11.0. The third kappa shape index (κ3) is 9.52. The number of aliphatic hydroxyl groups excluding tert-OH is 1. The summed E-state index contributed by atoms with van der Waals surface area (Å²) in [5.41, 5.74) is 1.04. The van der Waals surface area contributed by atoms with Gasteiger partial charge in [0.2, 0.25) is 5.91 Å². The average molecular weight is 488 g/mol. The fourth-order valence-corrected chi connectivity index (χ4v) is 3.61. The Labute approximate surface area is 206 Å². The van der Waals surface area contributed by atoms with E-state index in [0.29, 0.717) is 19.4 Å². The molecule has 0 fully saturated rings. The van der Waals surface area contributed by atoms with Crippen LogP contribution in [0.25, 0.3) is 0 Å². The van der Waals surface area contributed by atoms with Gasteiger partial charge < -0.3 is 24.9 Å². The average Bonchev–Trinajstić information content (AvgIpc) is 3.26. The number of ether oxygens (including phenoxy) is 1. The number of carbonyl (C=O) groups excluding carboxylic acids is 3. The number of hydrogen-bond donors (Lipinski definition) is 3. The third-order valence-corrected chi connectivity index (χ3v) is 5.62. The van der Waals surface area contributed by atoms with Gasteiger partial charge in [0.1, 0.15) is 18.4 Å². The number of carbonyl (C=O) groups is 3. The van der Waals surface area contributed by atoms with Gasteiger partial charge in [0.25, 0.3) is 5.91 Å². The molecule has 1 aliphatic heterocycles. The highest BCUT2D eigenvalue weighted by atomic mass is 16.5. The molecule has 192 valence electrons. The minimum absolute atomic E-state index is 0.0127. The first kappa shape index (κ1) is 28.0. The fourth-order valence-electron chi connectivity index (χ4n) is 3.61. The van der Waals surface area contributed by atoms with Crippen LogP contribution >= 0.6 is 0 Å². The molecule has 2 heterocycles. The van der Waals surface area contributed by atoms with Crippen molar-refractivity contribution in [3.8, 4) is 0 Å². The van der Waals surface area contributed by atoms with Gasteiger partial charge in [-0.15, -0.1) is 0 Å². The zero-order valence-corrected chi connectivity index (χ0v) is 21.1. The van der Waals surface area contributed by atoms with Crippen molar-refractivity contribution in [1.29, 1.82) is 0 Å². The SMILES string of the molecule is CC1=C\CC[C@@H](O)Cc2nc(co2)C(=O)N[C@H](C)C(=O)O[C@H](C(C)C)[C@H](C)/C=C\C(=O)NC\C=C\1. The predicted molar refractivity (Wildman–Crippen MR) is 131 cm³/mol. The van der Waals surface area contributed by atoms with Crippen LogP contribution in [-0.4, -0.2) is 52.7 Å². The second-order valence-corrected chi connectivity index (χ2v) is 9.22. The van der Waals surface area contributed by atoms with Gasteiger partial charge >= 0.3 is 5.97 Å². The summed E-state index contributed by atoms with van der Waals surface area (Å²) in [6.07, 6.45) is 10.3. The maximum atomic E-state index is 12.7. The number of aromatic nitrogens is 1. The van der Waals surface area contributed by atoms with Crippen molar-refractivity contribution in [2.45, 2.75) is 72.1 Å². The van der Waals surface area contributed by atoms with E-state index in [-0.39, 0.29) is 35.7 Å². The zero-order chi connectivity index (χ0) is 26.0. The van der Waals surface area contributed by atoms with Crippen LogP contribution in [0.2, 0.25) is 0 Å². The van der Waals surface area contributed by atoms with Crippen molar-refractivity contribution in [2.24, 2.45) is 11.8 Å². The van der Waals surface area contributed by atoms with E-state index in [4.69, 9.17) is 9.15 Å². The maximum Gasteiger partial charge on any atom is 0.328 e. The van der Waals surface area contributed by atoms with E-state index in [2.05, 4.69) is 15.6 Å². The molecule has 9 nitrogen and oxygen atoms in total. The number of hydrogen-bond acceptors (Lipinski definition) is 7. The number of cyclic esters (lactones) is 1. The molecule has 0 saturated heterocycles. The van der Waals surface area contributed by atoms with Gasteiger partial charge in [-0.05, 0) is 38.7 Å². The fraction of sp³-hybridized carbons (Fsp3) is 0.538. The molecular formula is C26H37N3O6. The molecule has 1 aliphatic rings. The summed E-state index contributed by atoms with van der Waals surface area (Å²) in [5.74, 6) is -1.40. The number of oxazole rings is 1. The molecule has 2 bridgehead atoms. The summed E-state index contributed by atoms with van der Waals surface area (Å²) >= 11 is 0. The first-order chi connectivity index (χ1) is 16.6.